The average Bonchev–Trinajstić information content (AvgIpc) is 3.18. The van der Waals surface area contributed by atoms with Crippen molar-refractivity contribution in [3.8, 4) is 21.8 Å². The van der Waals surface area contributed by atoms with Crippen LogP contribution in [0.2, 0.25) is 0 Å². The zero-order valence-electron chi connectivity index (χ0n) is 12.8. The number of non-ortho nitro benzene ring substituents is 1. The molecule has 4 rings (SSSR count). The first-order valence-electron chi connectivity index (χ1n) is 7.41. The summed E-state index contributed by atoms with van der Waals surface area (Å²) in [6.07, 6.45) is 0. The van der Waals surface area contributed by atoms with Crippen LogP contribution in [0.3, 0.4) is 0 Å². The second-order valence-corrected chi connectivity index (χ2v) is 6.37. The first-order valence-corrected chi connectivity index (χ1v) is 8.29. The van der Waals surface area contributed by atoms with E-state index in [0.29, 0.717) is 0 Å². The number of benzene rings is 2. The summed E-state index contributed by atoms with van der Waals surface area (Å²) in [5, 5.41) is 14.8. The monoisotopic (exact) mass is 335 g/mol. The van der Waals surface area contributed by atoms with Crippen LogP contribution >= 0.6 is 11.3 Å². The van der Waals surface area contributed by atoms with Gasteiger partial charge in [-0.25, -0.2) is 4.98 Å². The molecule has 5 nitrogen and oxygen atoms in total. The molecule has 0 aliphatic carbocycles. The molecule has 0 bridgehead atoms. The molecule has 0 atom stereocenters. The maximum atomic E-state index is 10.8. The Hall–Kier alpha value is -2.99. The van der Waals surface area contributed by atoms with E-state index in [0.717, 1.165) is 38.4 Å². The van der Waals surface area contributed by atoms with E-state index < -0.39 is 4.92 Å². The smallest absolute Gasteiger partial charge is 0.269 e. The summed E-state index contributed by atoms with van der Waals surface area (Å²) in [6, 6.07) is 14.6. The Morgan fingerprint density at radius 3 is 2.62 bits per heavy atom. The quantitative estimate of drug-likeness (QED) is 0.414. The van der Waals surface area contributed by atoms with Crippen molar-refractivity contribution in [2.24, 2.45) is 0 Å². The van der Waals surface area contributed by atoms with Gasteiger partial charge in [0, 0.05) is 45.2 Å². The molecule has 24 heavy (non-hydrogen) atoms. The SMILES string of the molecule is Cc1[nH]c2ccccc2c1-c1csc(-c2ccc([N+](=O)[O-])cc2)n1. The van der Waals surface area contributed by atoms with E-state index in [-0.39, 0.29) is 5.69 Å². The summed E-state index contributed by atoms with van der Waals surface area (Å²) in [4.78, 5) is 18.5. The second kappa shape index (κ2) is 5.58. The number of para-hydroxylation sites is 1. The number of nitrogens with zero attached hydrogens (tertiary/aromatic N) is 2. The number of nitrogens with one attached hydrogen (secondary N) is 1. The van der Waals surface area contributed by atoms with Crippen molar-refractivity contribution >= 4 is 27.9 Å². The maximum Gasteiger partial charge on any atom is 0.269 e. The number of aromatic nitrogens is 2. The highest BCUT2D eigenvalue weighted by atomic mass is 32.1. The first-order chi connectivity index (χ1) is 11.6. The number of hydrogen-bond donors (Lipinski definition) is 1. The van der Waals surface area contributed by atoms with Gasteiger partial charge >= 0.3 is 0 Å². The molecule has 118 valence electrons. The van der Waals surface area contributed by atoms with Crippen LogP contribution in [0.1, 0.15) is 5.69 Å². The van der Waals surface area contributed by atoms with Gasteiger partial charge in [0.15, 0.2) is 0 Å². The summed E-state index contributed by atoms with van der Waals surface area (Å²) < 4.78 is 0. The van der Waals surface area contributed by atoms with E-state index in [1.807, 2.05) is 24.4 Å². The number of rotatable bonds is 3. The van der Waals surface area contributed by atoms with Crippen molar-refractivity contribution in [1.29, 1.82) is 0 Å². The highest BCUT2D eigenvalue weighted by Crippen LogP contribution is 2.35. The number of hydrogen-bond acceptors (Lipinski definition) is 4. The zero-order chi connectivity index (χ0) is 16.7. The highest BCUT2D eigenvalue weighted by Gasteiger charge is 2.14. The van der Waals surface area contributed by atoms with Gasteiger partial charge in [-0.15, -0.1) is 11.3 Å². The number of aryl methyl sites for hydroxylation is 1. The summed E-state index contributed by atoms with van der Waals surface area (Å²) in [6.45, 7) is 2.04. The number of H-pyrrole nitrogens is 1. The Bertz CT molecular complexity index is 1050. The molecule has 4 aromatic rings. The predicted octanol–water partition coefficient (Wildman–Crippen LogP) is 5.18. The molecule has 2 aromatic heterocycles. The molecule has 0 radical (unpaired) electrons. The number of aromatic amines is 1. The minimum Gasteiger partial charge on any atom is -0.358 e. The summed E-state index contributed by atoms with van der Waals surface area (Å²) in [7, 11) is 0. The lowest BCUT2D eigenvalue weighted by atomic mass is 10.1. The van der Waals surface area contributed by atoms with Crippen LogP contribution in [0.25, 0.3) is 32.7 Å². The Labute approximate surface area is 141 Å². The number of fused-ring (bicyclic) bond motifs is 1. The van der Waals surface area contributed by atoms with Crippen molar-refractivity contribution in [3.05, 3.63) is 69.7 Å². The Morgan fingerprint density at radius 1 is 1.12 bits per heavy atom. The number of nitro groups is 1. The Balaban J connectivity index is 1.77. The van der Waals surface area contributed by atoms with E-state index in [1.54, 1.807) is 12.1 Å². The largest absolute Gasteiger partial charge is 0.358 e. The molecule has 0 saturated carbocycles. The van der Waals surface area contributed by atoms with Gasteiger partial charge in [-0.3, -0.25) is 10.1 Å². The van der Waals surface area contributed by atoms with Crippen molar-refractivity contribution in [3.63, 3.8) is 0 Å². The fourth-order valence-electron chi connectivity index (χ4n) is 2.85. The zero-order valence-corrected chi connectivity index (χ0v) is 13.6. The minimum atomic E-state index is -0.396. The molecule has 0 spiro atoms. The van der Waals surface area contributed by atoms with Gasteiger partial charge in [0.2, 0.25) is 0 Å². The molecular weight excluding hydrogens is 322 g/mol. The molecule has 6 heteroatoms. The average molecular weight is 335 g/mol. The third-order valence-corrected chi connectivity index (χ3v) is 4.87. The van der Waals surface area contributed by atoms with Crippen LogP contribution in [0.5, 0.6) is 0 Å². The van der Waals surface area contributed by atoms with E-state index in [9.17, 15) is 10.1 Å². The lowest BCUT2D eigenvalue weighted by Gasteiger charge is -1.98. The highest BCUT2D eigenvalue weighted by molar-refractivity contribution is 7.13. The molecule has 0 amide bonds. The lowest BCUT2D eigenvalue weighted by Crippen LogP contribution is -1.87. The number of nitro benzene ring substituents is 1. The predicted molar refractivity (Wildman–Crippen MR) is 96.2 cm³/mol. The van der Waals surface area contributed by atoms with Crippen LogP contribution in [-0.2, 0) is 0 Å². The Kier molecular flexibility index (Phi) is 3.39. The van der Waals surface area contributed by atoms with Gasteiger partial charge in [0.25, 0.3) is 5.69 Å². The molecule has 0 fully saturated rings. The van der Waals surface area contributed by atoms with Crippen LogP contribution in [0.4, 0.5) is 5.69 Å². The Morgan fingerprint density at radius 2 is 1.88 bits per heavy atom. The summed E-state index contributed by atoms with van der Waals surface area (Å²) >= 11 is 1.54. The van der Waals surface area contributed by atoms with Crippen LogP contribution in [0.15, 0.2) is 53.9 Å². The van der Waals surface area contributed by atoms with Gasteiger partial charge in [-0.2, -0.15) is 0 Å². The number of thiazole rings is 1. The topological polar surface area (TPSA) is 71.8 Å². The van der Waals surface area contributed by atoms with Crippen molar-refractivity contribution in [2.75, 3.05) is 0 Å². The fourth-order valence-corrected chi connectivity index (χ4v) is 3.67. The van der Waals surface area contributed by atoms with Crippen molar-refractivity contribution in [2.45, 2.75) is 6.92 Å². The molecule has 0 saturated heterocycles. The van der Waals surface area contributed by atoms with Gasteiger partial charge in [-0.05, 0) is 25.1 Å². The van der Waals surface area contributed by atoms with Gasteiger partial charge in [0.1, 0.15) is 5.01 Å². The minimum absolute atomic E-state index is 0.0861. The second-order valence-electron chi connectivity index (χ2n) is 5.51. The van der Waals surface area contributed by atoms with Crippen LogP contribution < -0.4 is 0 Å². The molecule has 2 aromatic carbocycles. The summed E-state index contributed by atoms with van der Waals surface area (Å²) in [5.41, 5.74) is 5.17. The van der Waals surface area contributed by atoms with Crippen LogP contribution in [-0.4, -0.2) is 14.9 Å². The molecular formula is C18H13N3O2S. The maximum absolute atomic E-state index is 10.8. The molecule has 1 N–H and O–H groups in total. The molecule has 0 aliphatic heterocycles. The normalized spacial score (nSPS) is 11.0. The van der Waals surface area contributed by atoms with E-state index in [2.05, 4.69) is 17.1 Å². The molecule has 2 heterocycles. The van der Waals surface area contributed by atoms with Crippen molar-refractivity contribution in [1.82, 2.24) is 9.97 Å². The fraction of sp³-hybridized carbons (Fsp3) is 0.0556. The van der Waals surface area contributed by atoms with Gasteiger partial charge < -0.3 is 4.98 Å². The van der Waals surface area contributed by atoms with E-state index in [4.69, 9.17) is 4.98 Å². The van der Waals surface area contributed by atoms with Gasteiger partial charge in [0.05, 0.1) is 10.6 Å². The summed E-state index contributed by atoms with van der Waals surface area (Å²) in [5.74, 6) is 0. The van der Waals surface area contributed by atoms with E-state index in [1.165, 1.54) is 23.5 Å². The standard InChI is InChI=1S/C18H13N3O2S/c1-11-17(14-4-2-3-5-15(14)19-11)16-10-24-18(20-16)12-6-8-13(9-7-12)21(22)23/h2-10,19H,1H3. The third kappa shape index (κ3) is 2.37. The molecule has 0 unspecified atom stereocenters. The first kappa shape index (κ1) is 14.6. The third-order valence-electron chi connectivity index (χ3n) is 3.98. The van der Waals surface area contributed by atoms with Crippen molar-refractivity contribution < 1.29 is 4.92 Å². The van der Waals surface area contributed by atoms with Gasteiger partial charge in [-0.1, -0.05) is 18.2 Å². The van der Waals surface area contributed by atoms with E-state index >= 15 is 0 Å². The van der Waals surface area contributed by atoms with Crippen LogP contribution in [0, 0.1) is 17.0 Å². The molecule has 0 aliphatic rings. The lowest BCUT2D eigenvalue weighted by molar-refractivity contribution is -0.384.